The number of benzene rings is 1. The van der Waals surface area contributed by atoms with Gasteiger partial charge in [-0.3, -0.25) is 4.98 Å². The van der Waals surface area contributed by atoms with Crippen LogP contribution in [0.2, 0.25) is 5.02 Å². The van der Waals surface area contributed by atoms with Gasteiger partial charge in [0.2, 0.25) is 0 Å². The average molecular weight is 379 g/mol. The number of nitrogens with zero attached hydrogens (tertiary/aromatic N) is 3. The van der Waals surface area contributed by atoms with Gasteiger partial charge in [0.15, 0.2) is 0 Å². The summed E-state index contributed by atoms with van der Waals surface area (Å²) in [5, 5.41) is 11.1. The predicted octanol–water partition coefficient (Wildman–Crippen LogP) is 5.93. The molecule has 0 bridgehead atoms. The van der Waals surface area contributed by atoms with Crippen LogP contribution in [0.3, 0.4) is 0 Å². The van der Waals surface area contributed by atoms with E-state index >= 15 is 0 Å². The molecule has 0 saturated heterocycles. The summed E-state index contributed by atoms with van der Waals surface area (Å²) in [4.78, 5) is 4.27. The highest BCUT2D eigenvalue weighted by atomic mass is 35.5. The normalized spacial score (nSPS) is 15.2. The van der Waals surface area contributed by atoms with E-state index in [1.165, 1.54) is 43.3 Å². The molecule has 0 radical (unpaired) electrons. The van der Waals surface area contributed by atoms with Gasteiger partial charge in [-0.05, 0) is 44.4 Å². The second-order valence-electron chi connectivity index (χ2n) is 7.51. The van der Waals surface area contributed by atoms with E-state index in [1.54, 1.807) is 12.4 Å². The van der Waals surface area contributed by atoms with Crippen LogP contribution >= 0.6 is 11.6 Å². The average Bonchev–Trinajstić information content (AvgIpc) is 2.95. The van der Waals surface area contributed by atoms with Gasteiger partial charge in [-0.1, -0.05) is 30.9 Å². The van der Waals surface area contributed by atoms with Crippen molar-refractivity contribution in [1.29, 1.82) is 5.26 Å². The lowest BCUT2D eigenvalue weighted by molar-refractivity contribution is 0.357. The summed E-state index contributed by atoms with van der Waals surface area (Å²) in [7, 11) is 0. The summed E-state index contributed by atoms with van der Waals surface area (Å²) in [6.45, 7) is 4.14. The lowest BCUT2D eigenvalue weighted by Crippen LogP contribution is -2.14. The fourth-order valence-electron chi connectivity index (χ4n) is 4.49. The molecule has 0 amide bonds. The maximum Gasteiger partial charge on any atom is 0.0994 e. The zero-order valence-electron chi connectivity index (χ0n) is 15.7. The van der Waals surface area contributed by atoms with Gasteiger partial charge in [0.1, 0.15) is 0 Å². The van der Waals surface area contributed by atoms with Crippen molar-refractivity contribution in [3.05, 3.63) is 46.4 Å². The van der Waals surface area contributed by atoms with Gasteiger partial charge in [-0.25, -0.2) is 0 Å². The molecule has 1 fully saturated rings. The first-order chi connectivity index (χ1) is 13.0. The van der Waals surface area contributed by atoms with E-state index in [0.717, 1.165) is 22.1 Å². The van der Waals surface area contributed by atoms with Crippen LogP contribution in [0.4, 0.5) is 5.69 Å². The third-order valence-electron chi connectivity index (χ3n) is 5.83. The van der Waals surface area contributed by atoms with Crippen LogP contribution in [0, 0.1) is 25.2 Å². The van der Waals surface area contributed by atoms with Gasteiger partial charge >= 0.3 is 0 Å². The highest BCUT2D eigenvalue weighted by molar-refractivity contribution is 6.36. The molecule has 1 aliphatic rings. The first-order valence-corrected chi connectivity index (χ1v) is 9.85. The first kappa shape index (κ1) is 17.9. The molecule has 0 unspecified atom stereocenters. The maximum absolute atomic E-state index is 9.55. The number of fused-ring (bicyclic) bond motifs is 1. The smallest absolute Gasteiger partial charge is 0.0994 e. The molecule has 138 valence electrons. The monoisotopic (exact) mass is 378 g/mol. The number of halogens is 1. The second kappa shape index (κ2) is 6.90. The Hall–Kier alpha value is -2.51. The van der Waals surface area contributed by atoms with Crippen LogP contribution in [0.15, 0.2) is 24.5 Å². The van der Waals surface area contributed by atoms with Crippen molar-refractivity contribution < 1.29 is 0 Å². The van der Waals surface area contributed by atoms with Crippen LogP contribution in [0.1, 0.15) is 55.0 Å². The lowest BCUT2D eigenvalue weighted by atomic mass is 9.95. The number of anilines is 1. The Balaban J connectivity index is 2.07. The molecule has 2 aromatic heterocycles. The number of nitriles is 1. The Bertz CT molecular complexity index is 1070. The molecule has 4 rings (SSSR count). The van der Waals surface area contributed by atoms with Crippen molar-refractivity contribution in [2.24, 2.45) is 0 Å². The number of hydrogen-bond donors (Lipinski definition) is 1. The molecular weight excluding hydrogens is 356 g/mol. The zero-order chi connectivity index (χ0) is 19.1. The summed E-state index contributed by atoms with van der Waals surface area (Å²) >= 11 is 6.56. The molecule has 1 saturated carbocycles. The van der Waals surface area contributed by atoms with E-state index in [9.17, 15) is 5.26 Å². The third kappa shape index (κ3) is 2.87. The zero-order valence-corrected chi connectivity index (χ0v) is 16.5. The summed E-state index contributed by atoms with van der Waals surface area (Å²) in [5.41, 5.74) is 12.4. The topological polar surface area (TPSA) is 67.6 Å². The van der Waals surface area contributed by atoms with Crippen LogP contribution in [0.5, 0.6) is 0 Å². The SMILES string of the molecule is Cc1cc2c(cc1C#N)c(-c1cncc(N)c1Cl)c(C)n2C1CCCCC1. The number of aryl methyl sites for hydroxylation is 1. The molecule has 5 heteroatoms. The third-order valence-corrected chi connectivity index (χ3v) is 6.25. The van der Waals surface area contributed by atoms with Gasteiger partial charge in [-0.2, -0.15) is 5.26 Å². The predicted molar refractivity (Wildman–Crippen MR) is 111 cm³/mol. The highest BCUT2D eigenvalue weighted by Crippen LogP contribution is 2.43. The minimum atomic E-state index is 0.472. The minimum absolute atomic E-state index is 0.472. The number of pyridine rings is 1. The molecule has 1 aromatic carbocycles. The van der Waals surface area contributed by atoms with Crippen molar-refractivity contribution in [1.82, 2.24) is 9.55 Å². The van der Waals surface area contributed by atoms with E-state index in [2.05, 4.69) is 28.6 Å². The first-order valence-electron chi connectivity index (χ1n) is 9.47. The van der Waals surface area contributed by atoms with Crippen molar-refractivity contribution >= 4 is 28.2 Å². The van der Waals surface area contributed by atoms with Gasteiger partial charge in [-0.15, -0.1) is 0 Å². The summed E-state index contributed by atoms with van der Waals surface area (Å²) < 4.78 is 2.46. The van der Waals surface area contributed by atoms with E-state index in [0.29, 0.717) is 22.3 Å². The number of nitrogens with two attached hydrogens (primary N) is 1. The van der Waals surface area contributed by atoms with Gasteiger partial charge in [0, 0.05) is 40.0 Å². The van der Waals surface area contributed by atoms with Crippen molar-refractivity contribution in [3.63, 3.8) is 0 Å². The molecule has 4 nitrogen and oxygen atoms in total. The van der Waals surface area contributed by atoms with Gasteiger partial charge < -0.3 is 10.3 Å². The van der Waals surface area contributed by atoms with Crippen LogP contribution in [-0.4, -0.2) is 9.55 Å². The van der Waals surface area contributed by atoms with Crippen LogP contribution in [-0.2, 0) is 0 Å². The molecule has 2 N–H and O–H groups in total. The van der Waals surface area contributed by atoms with E-state index in [-0.39, 0.29) is 0 Å². The molecule has 2 heterocycles. The Morgan fingerprint density at radius 3 is 2.63 bits per heavy atom. The number of nitrogen functional groups attached to an aromatic ring is 1. The standard InChI is InChI=1S/C22H23ClN4/c1-13-8-20-17(9-15(13)10-24)21(18-11-26-12-19(25)22(18)23)14(2)27(20)16-6-4-3-5-7-16/h8-9,11-12,16H,3-7,25H2,1-2H3. The lowest BCUT2D eigenvalue weighted by Gasteiger charge is -2.26. The van der Waals surface area contributed by atoms with E-state index in [1.807, 2.05) is 13.0 Å². The number of hydrogen-bond acceptors (Lipinski definition) is 3. The van der Waals surface area contributed by atoms with Gasteiger partial charge in [0.25, 0.3) is 0 Å². The summed E-state index contributed by atoms with van der Waals surface area (Å²) in [5.74, 6) is 0. The molecule has 27 heavy (non-hydrogen) atoms. The number of rotatable bonds is 2. The van der Waals surface area contributed by atoms with Crippen LogP contribution in [0.25, 0.3) is 22.0 Å². The number of aromatic nitrogens is 2. The largest absolute Gasteiger partial charge is 0.396 e. The van der Waals surface area contributed by atoms with E-state index in [4.69, 9.17) is 17.3 Å². The Kier molecular flexibility index (Phi) is 4.57. The molecule has 3 aromatic rings. The maximum atomic E-state index is 9.55. The highest BCUT2D eigenvalue weighted by Gasteiger charge is 2.25. The Morgan fingerprint density at radius 2 is 1.93 bits per heavy atom. The van der Waals surface area contributed by atoms with Crippen molar-refractivity contribution in [2.75, 3.05) is 5.73 Å². The van der Waals surface area contributed by atoms with Gasteiger partial charge in [0.05, 0.1) is 28.5 Å². The molecular formula is C22H23ClN4. The second-order valence-corrected chi connectivity index (χ2v) is 7.89. The summed E-state index contributed by atoms with van der Waals surface area (Å²) in [6, 6.07) is 6.94. The van der Waals surface area contributed by atoms with Crippen molar-refractivity contribution in [3.8, 4) is 17.2 Å². The Labute approximate surface area is 164 Å². The van der Waals surface area contributed by atoms with Crippen LogP contribution < -0.4 is 5.73 Å². The fraction of sp³-hybridized carbons (Fsp3) is 0.364. The summed E-state index contributed by atoms with van der Waals surface area (Å²) in [6.07, 6.45) is 9.55. The molecule has 0 spiro atoms. The molecule has 0 atom stereocenters. The molecule has 0 aliphatic heterocycles. The quantitative estimate of drug-likeness (QED) is 0.600. The minimum Gasteiger partial charge on any atom is -0.396 e. The fourth-order valence-corrected chi connectivity index (χ4v) is 4.69. The van der Waals surface area contributed by atoms with E-state index < -0.39 is 0 Å². The molecule has 1 aliphatic carbocycles. The van der Waals surface area contributed by atoms with Crippen molar-refractivity contribution in [2.45, 2.75) is 52.0 Å². The Morgan fingerprint density at radius 1 is 1.19 bits per heavy atom.